The molecule has 1 fully saturated rings. The number of hydrogen-bond donors (Lipinski definition) is 1. The second-order valence-corrected chi connectivity index (χ2v) is 7.36. The van der Waals surface area contributed by atoms with Crippen LogP contribution in [0.25, 0.3) is 0 Å². The maximum atomic E-state index is 12.7. The Labute approximate surface area is 179 Å². The summed E-state index contributed by atoms with van der Waals surface area (Å²) in [6, 6.07) is 12.9. The van der Waals surface area contributed by atoms with Gasteiger partial charge in [-0.15, -0.1) is 0 Å². The first kappa shape index (κ1) is 21.5. The van der Waals surface area contributed by atoms with E-state index in [1.54, 1.807) is 48.5 Å². The number of ether oxygens (including phenoxy) is 1. The van der Waals surface area contributed by atoms with Gasteiger partial charge >= 0.3 is 5.97 Å². The molecule has 3 rings (SSSR count). The Balaban J connectivity index is 1.70. The molecule has 30 heavy (non-hydrogen) atoms. The van der Waals surface area contributed by atoms with Crippen LogP contribution in [0.3, 0.4) is 0 Å². The topological polar surface area (TPSA) is 92.8 Å². The van der Waals surface area contributed by atoms with Crippen molar-refractivity contribution in [3.63, 3.8) is 0 Å². The Morgan fingerprint density at radius 3 is 2.20 bits per heavy atom. The number of carbonyl (C=O) groups excluding carboxylic acids is 4. The number of nitrogens with zero attached hydrogens (tertiary/aromatic N) is 1. The minimum Gasteiger partial charge on any atom is -0.469 e. The second kappa shape index (κ2) is 9.54. The third kappa shape index (κ3) is 5.24. The van der Waals surface area contributed by atoms with Gasteiger partial charge in [0.1, 0.15) is 0 Å². The van der Waals surface area contributed by atoms with Crippen molar-refractivity contribution in [1.82, 2.24) is 10.2 Å². The molecule has 1 aliphatic heterocycles. The number of carbonyl (C=O) groups is 4. The molecular weight excluding hydrogens is 408 g/mol. The summed E-state index contributed by atoms with van der Waals surface area (Å²) in [5, 5.41) is 3.39. The molecule has 1 aliphatic rings. The molecule has 0 spiro atoms. The molecule has 0 saturated carbocycles. The van der Waals surface area contributed by atoms with Crippen LogP contribution in [0, 0.1) is 0 Å². The largest absolute Gasteiger partial charge is 0.469 e. The summed E-state index contributed by atoms with van der Waals surface area (Å²) in [6.07, 6.45) is 0.457. The van der Waals surface area contributed by atoms with E-state index in [0.29, 0.717) is 10.6 Å². The lowest BCUT2D eigenvalue weighted by Gasteiger charge is -2.19. The van der Waals surface area contributed by atoms with Crippen LogP contribution in [-0.4, -0.2) is 35.7 Å². The van der Waals surface area contributed by atoms with E-state index >= 15 is 0 Å². The molecule has 1 heterocycles. The van der Waals surface area contributed by atoms with Crippen molar-refractivity contribution in [3.05, 3.63) is 70.2 Å². The Morgan fingerprint density at radius 2 is 1.63 bits per heavy atom. The summed E-state index contributed by atoms with van der Waals surface area (Å²) in [4.78, 5) is 49.2. The Bertz CT molecular complexity index is 940. The first-order valence-corrected chi connectivity index (χ1v) is 9.80. The Hall–Kier alpha value is -3.19. The maximum absolute atomic E-state index is 12.7. The number of rotatable bonds is 7. The first-order valence-electron chi connectivity index (χ1n) is 9.42. The fourth-order valence-corrected chi connectivity index (χ4v) is 3.31. The molecule has 0 radical (unpaired) electrons. The van der Waals surface area contributed by atoms with Crippen molar-refractivity contribution in [2.45, 2.75) is 31.8 Å². The van der Waals surface area contributed by atoms with Gasteiger partial charge in [-0.25, -0.2) is 0 Å². The van der Waals surface area contributed by atoms with E-state index < -0.39 is 12.0 Å². The minimum atomic E-state index is -0.582. The number of amides is 3. The first-order chi connectivity index (χ1) is 14.4. The highest BCUT2D eigenvalue weighted by molar-refractivity contribution is 6.30. The van der Waals surface area contributed by atoms with Gasteiger partial charge in [0, 0.05) is 23.4 Å². The number of hydrogen-bond acceptors (Lipinski definition) is 5. The number of likely N-dealkylation sites (tertiary alicyclic amines) is 1. The zero-order valence-corrected chi connectivity index (χ0v) is 17.1. The van der Waals surface area contributed by atoms with Crippen LogP contribution in [0.4, 0.5) is 0 Å². The van der Waals surface area contributed by atoms with Gasteiger partial charge < -0.3 is 10.1 Å². The van der Waals surface area contributed by atoms with Crippen molar-refractivity contribution in [2.24, 2.45) is 0 Å². The molecule has 0 aromatic heterocycles. The Morgan fingerprint density at radius 1 is 1.03 bits per heavy atom. The summed E-state index contributed by atoms with van der Waals surface area (Å²) in [5.41, 5.74) is 1.86. The lowest BCUT2D eigenvalue weighted by Crippen LogP contribution is -2.30. The molecule has 8 heteroatoms. The number of imide groups is 1. The summed E-state index contributed by atoms with van der Waals surface area (Å²) in [6.45, 7) is 0.190. The van der Waals surface area contributed by atoms with E-state index in [-0.39, 0.29) is 43.5 Å². The van der Waals surface area contributed by atoms with Crippen molar-refractivity contribution < 1.29 is 23.9 Å². The minimum absolute atomic E-state index is 0.0266. The van der Waals surface area contributed by atoms with E-state index in [9.17, 15) is 19.2 Å². The van der Waals surface area contributed by atoms with Gasteiger partial charge in [-0.3, -0.25) is 24.1 Å². The zero-order chi connectivity index (χ0) is 21.7. The van der Waals surface area contributed by atoms with E-state index in [1.165, 1.54) is 12.0 Å². The molecule has 0 aliphatic carbocycles. The third-order valence-electron chi connectivity index (χ3n) is 4.89. The average molecular weight is 429 g/mol. The summed E-state index contributed by atoms with van der Waals surface area (Å²) >= 11 is 5.92. The molecule has 1 atom stereocenters. The molecule has 2 aromatic rings. The van der Waals surface area contributed by atoms with Crippen LogP contribution in [0.5, 0.6) is 0 Å². The Kier molecular flexibility index (Phi) is 6.84. The van der Waals surface area contributed by atoms with Crippen LogP contribution >= 0.6 is 11.6 Å². The maximum Gasteiger partial charge on any atom is 0.307 e. The fraction of sp³-hybridized carbons (Fsp3) is 0.273. The summed E-state index contributed by atoms with van der Waals surface area (Å²) in [5.74, 6) is -1.19. The number of esters is 1. The average Bonchev–Trinajstić information content (AvgIpc) is 3.06. The third-order valence-corrected chi connectivity index (χ3v) is 5.14. The van der Waals surface area contributed by atoms with Gasteiger partial charge in [0.2, 0.25) is 11.8 Å². The molecule has 156 valence electrons. The molecule has 1 N–H and O–H groups in total. The van der Waals surface area contributed by atoms with Gasteiger partial charge in [-0.1, -0.05) is 35.9 Å². The van der Waals surface area contributed by atoms with E-state index in [2.05, 4.69) is 5.32 Å². The lowest BCUT2D eigenvalue weighted by atomic mass is 10.0. The number of benzene rings is 2. The van der Waals surface area contributed by atoms with Crippen LogP contribution in [0.2, 0.25) is 5.02 Å². The van der Waals surface area contributed by atoms with Gasteiger partial charge in [0.25, 0.3) is 5.91 Å². The van der Waals surface area contributed by atoms with Crippen LogP contribution in [-0.2, 0) is 25.7 Å². The highest BCUT2D eigenvalue weighted by Gasteiger charge is 2.28. The molecule has 3 amide bonds. The second-order valence-electron chi connectivity index (χ2n) is 6.93. The molecule has 1 saturated heterocycles. The van der Waals surface area contributed by atoms with Crippen molar-refractivity contribution in [3.8, 4) is 0 Å². The van der Waals surface area contributed by atoms with Gasteiger partial charge in [-0.05, 0) is 35.4 Å². The standard InChI is InChI=1S/C22H21ClN2O5/c1-30-21(28)12-18(15-6-8-17(23)9-7-15)24-22(29)16-4-2-14(3-5-16)13-25-19(26)10-11-20(25)27/h2-9,18H,10-13H2,1H3,(H,24,29)/t18-/m0/s1. The number of methoxy groups -OCH3 is 1. The monoisotopic (exact) mass is 428 g/mol. The smallest absolute Gasteiger partial charge is 0.307 e. The van der Waals surface area contributed by atoms with E-state index in [1.807, 2.05) is 0 Å². The lowest BCUT2D eigenvalue weighted by molar-refractivity contribution is -0.141. The quantitative estimate of drug-likeness (QED) is 0.540. The number of halogens is 1. The molecule has 7 nitrogen and oxygen atoms in total. The predicted molar refractivity (Wildman–Crippen MR) is 110 cm³/mol. The van der Waals surface area contributed by atoms with Gasteiger partial charge in [0.05, 0.1) is 26.1 Å². The van der Waals surface area contributed by atoms with Crippen molar-refractivity contribution >= 4 is 35.3 Å². The highest BCUT2D eigenvalue weighted by atomic mass is 35.5. The molecule has 2 aromatic carbocycles. The highest BCUT2D eigenvalue weighted by Crippen LogP contribution is 2.21. The van der Waals surface area contributed by atoms with Gasteiger partial charge in [-0.2, -0.15) is 0 Å². The van der Waals surface area contributed by atoms with Crippen molar-refractivity contribution in [1.29, 1.82) is 0 Å². The van der Waals surface area contributed by atoms with Crippen LogP contribution in [0.1, 0.15) is 46.8 Å². The molecule has 0 bridgehead atoms. The summed E-state index contributed by atoms with van der Waals surface area (Å²) in [7, 11) is 1.29. The van der Waals surface area contributed by atoms with Gasteiger partial charge in [0.15, 0.2) is 0 Å². The van der Waals surface area contributed by atoms with E-state index in [0.717, 1.165) is 11.1 Å². The normalized spacial score (nSPS) is 14.5. The molecule has 0 unspecified atom stereocenters. The fourth-order valence-electron chi connectivity index (χ4n) is 3.18. The van der Waals surface area contributed by atoms with Crippen molar-refractivity contribution in [2.75, 3.05) is 7.11 Å². The van der Waals surface area contributed by atoms with Crippen LogP contribution in [0.15, 0.2) is 48.5 Å². The van der Waals surface area contributed by atoms with E-state index in [4.69, 9.17) is 16.3 Å². The van der Waals surface area contributed by atoms with Crippen LogP contribution < -0.4 is 5.32 Å². The summed E-state index contributed by atoms with van der Waals surface area (Å²) < 4.78 is 4.73. The number of nitrogens with one attached hydrogen (secondary N) is 1. The zero-order valence-electron chi connectivity index (χ0n) is 16.4. The molecular formula is C22H21ClN2O5. The SMILES string of the molecule is COC(=O)C[C@H](NC(=O)c1ccc(CN2C(=O)CCC2=O)cc1)c1ccc(Cl)cc1. The predicted octanol–water partition coefficient (Wildman–Crippen LogP) is 3.02.